The van der Waals surface area contributed by atoms with Gasteiger partial charge in [0.1, 0.15) is 6.07 Å². The van der Waals surface area contributed by atoms with Gasteiger partial charge in [0, 0.05) is 29.4 Å². The predicted molar refractivity (Wildman–Crippen MR) is 141 cm³/mol. The number of nitrogens with one attached hydrogen (secondary N) is 1. The Kier molecular flexibility index (Phi) is 6.16. The second-order valence-corrected chi connectivity index (χ2v) is 9.72. The number of aliphatic hydroxyl groups is 1. The zero-order valence-electron chi connectivity index (χ0n) is 20.7. The van der Waals surface area contributed by atoms with Gasteiger partial charge in [-0.2, -0.15) is 23.5 Å². The highest BCUT2D eigenvalue weighted by molar-refractivity contribution is 5.97. The quantitative estimate of drug-likeness (QED) is 0.286. The van der Waals surface area contributed by atoms with E-state index in [4.69, 9.17) is 0 Å². The van der Waals surface area contributed by atoms with Crippen molar-refractivity contribution in [2.75, 3.05) is 5.32 Å². The van der Waals surface area contributed by atoms with Crippen LogP contribution in [0.3, 0.4) is 0 Å². The first-order valence-electron chi connectivity index (χ1n) is 12.6. The van der Waals surface area contributed by atoms with E-state index in [2.05, 4.69) is 26.5 Å². The van der Waals surface area contributed by atoms with Gasteiger partial charge in [0.25, 0.3) is 0 Å². The van der Waals surface area contributed by atoms with E-state index in [9.17, 15) is 23.5 Å². The molecule has 6 rings (SSSR count). The SMILES string of the molecule is N#Cc1ccc(-n2nc(C(F)(F)F)c3c(-c4cnc5ccccc5c4)ccnc32)cc1N[C@H]1CC[C@H](O)CC1. The Bertz CT molecular complexity index is 1730. The Morgan fingerprint density at radius 1 is 1.00 bits per heavy atom. The van der Waals surface area contributed by atoms with Crippen molar-refractivity contribution < 1.29 is 18.3 Å². The first-order chi connectivity index (χ1) is 18.8. The molecule has 2 aromatic carbocycles. The molecule has 1 aliphatic rings. The number of anilines is 1. The minimum Gasteiger partial charge on any atom is -0.393 e. The molecule has 3 aromatic heterocycles. The molecule has 1 aliphatic carbocycles. The Balaban J connectivity index is 1.50. The largest absolute Gasteiger partial charge is 0.435 e. The second kappa shape index (κ2) is 9.67. The molecular formula is C29H23F3N6O. The van der Waals surface area contributed by atoms with E-state index in [0.29, 0.717) is 40.9 Å². The number of hydrogen-bond acceptors (Lipinski definition) is 6. The van der Waals surface area contributed by atoms with Crippen molar-refractivity contribution in [3.8, 4) is 22.9 Å². The Hall–Kier alpha value is -4.49. The molecule has 3 heterocycles. The minimum absolute atomic E-state index is 0.0426. The molecule has 1 saturated carbocycles. The lowest BCUT2D eigenvalue weighted by Gasteiger charge is -2.27. The molecule has 0 unspecified atom stereocenters. The number of halogens is 3. The van der Waals surface area contributed by atoms with Gasteiger partial charge in [-0.25, -0.2) is 9.67 Å². The number of para-hydroxylation sites is 1. The highest BCUT2D eigenvalue weighted by atomic mass is 19.4. The molecule has 0 atom stereocenters. The van der Waals surface area contributed by atoms with Gasteiger partial charge >= 0.3 is 6.18 Å². The summed E-state index contributed by atoms with van der Waals surface area (Å²) in [6, 6.07) is 17.7. The molecule has 0 radical (unpaired) electrons. The third-order valence-electron chi connectivity index (χ3n) is 7.16. The summed E-state index contributed by atoms with van der Waals surface area (Å²) in [6.45, 7) is 0. The molecule has 1 fully saturated rings. The zero-order valence-corrected chi connectivity index (χ0v) is 20.7. The number of nitrogens with zero attached hydrogens (tertiary/aromatic N) is 5. The maximum Gasteiger partial charge on any atom is 0.435 e. The average Bonchev–Trinajstić information content (AvgIpc) is 3.35. The molecule has 5 aromatic rings. The lowest BCUT2D eigenvalue weighted by Crippen LogP contribution is -2.28. The van der Waals surface area contributed by atoms with E-state index >= 15 is 0 Å². The summed E-state index contributed by atoms with van der Waals surface area (Å²) in [5, 5.41) is 27.5. The summed E-state index contributed by atoms with van der Waals surface area (Å²) in [5.74, 6) is 0. The molecule has 10 heteroatoms. The number of benzene rings is 2. The number of rotatable bonds is 4. The molecule has 39 heavy (non-hydrogen) atoms. The fourth-order valence-corrected chi connectivity index (χ4v) is 5.20. The molecule has 0 bridgehead atoms. The molecule has 7 nitrogen and oxygen atoms in total. The number of hydrogen-bond donors (Lipinski definition) is 2. The molecule has 0 spiro atoms. The summed E-state index contributed by atoms with van der Waals surface area (Å²) in [4.78, 5) is 8.73. The molecule has 196 valence electrons. The maximum absolute atomic E-state index is 14.3. The molecule has 2 N–H and O–H groups in total. The first kappa shape index (κ1) is 24.8. The summed E-state index contributed by atoms with van der Waals surface area (Å²) in [7, 11) is 0. The molecular weight excluding hydrogens is 505 g/mol. The highest BCUT2D eigenvalue weighted by Crippen LogP contribution is 2.40. The molecule has 0 saturated heterocycles. The number of nitriles is 1. The Morgan fingerprint density at radius 2 is 1.79 bits per heavy atom. The Labute approximate surface area is 221 Å². The van der Waals surface area contributed by atoms with E-state index in [1.54, 1.807) is 36.5 Å². The van der Waals surface area contributed by atoms with Gasteiger partial charge in [-0.15, -0.1) is 0 Å². The van der Waals surface area contributed by atoms with Crippen LogP contribution in [0.5, 0.6) is 0 Å². The summed E-state index contributed by atoms with van der Waals surface area (Å²) < 4.78 is 44.2. The van der Waals surface area contributed by atoms with Crippen LogP contribution in [0.1, 0.15) is 36.9 Å². The van der Waals surface area contributed by atoms with Crippen LogP contribution < -0.4 is 5.32 Å². The van der Waals surface area contributed by atoms with Crippen molar-refractivity contribution in [1.29, 1.82) is 5.26 Å². The van der Waals surface area contributed by atoms with Crippen LogP contribution in [0, 0.1) is 11.3 Å². The van der Waals surface area contributed by atoms with E-state index in [1.165, 1.54) is 10.9 Å². The van der Waals surface area contributed by atoms with Gasteiger partial charge in [-0.05, 0) is 67.6 Å². The second-order valence-electron chi connectivity index (χ2n) is 9.72. The smallest absolute Gasteiger partial charge is 0.393 e. The lowest BCUT2D eigenvalue weighted by atomic mass is 9.93. The number of aliphatic hydroxyl groups excluding tert-OH is 1. The van der Waals surface area contributed by atoms with Crippen LogP contribution in [-0.4, -0.2) is 37.0 Å². The van der Waals surface area contributed by atoms with Crippen molar-refractivity contribution in [3.63, 3.8) is 0 Å². The first-order valence-corrected chi connectivity index (χ1v) is 12.6. The van der Waals surface area contributed by atoms with E-state index < -0.39 is 11.9 Å². The van der Waals surface area contributed by atoms with Crippen molar-refractivity contribution in [2.24, 2.45) is 0 Å². The monoisotopic (exact) mass is 528 g/mol. The van der Waals surface area contributed by atoms with Crippen LogP contribution >= 0.6 is 0 Å². The van der Waals surface area contributed by atoms with Crippen molar-refractivity contribution in [1.82, 2.24) is 19.7 Å². The molecule has 0 amide bonds. The van der Waals surface area contributed by atoms with E-state index in [-0.39, 0.29) is 23.2 Å². The highest BCUT2D eigenvalue weighted by Gasteiger charge is 2.38. The minimum atomic E-state index is -4.73. The van der Waals surface area contributed by atoms with Gasteiger partial charge in [-0.1, -0.05) is 18.2 Å². The summed E-state index contributed by atoms with van der Waals surface area (Å²) >= 11 is 0. The Morgan fingerprint density at radius 3 is 2.56 bits per heavy atom. The van der Waals surface area contributed by atoms with E-state index in [1.807, 2.05) is 24.3 Å². The van der Waals surface area contributed by atoms with Gasteiger partial charge < -0.3 is 10.4 Å². The fourth-order valence-electron chi connectivity index (χ4n) is 5.20. The molecule has 0 aliphatic heterocycles. The third-order valence-corrected chi connectivity index (χ3v) is 7.16. The maximum atomic E-state index is 14.3. The lowest BCUT2D eigenvalue weighted by molar-refractivity contribution is -0.140. The van der Waals surface area contributed by atoms with Crippen molar-refractivity contribution >= 4 is 27.6 Å². The van der Waals surface area contributed by atoms with Gasteiger partial charge in [0.15, 0.2) is 11.3 Å². The third kappa shape index (κ3) is 4.66. The number of fused-ring (bicyclic) bond motifs is 2. The average molecular weight is 529 g/mol. The van der Waals surface area contributed by atoms with Crippen LogP contribution in [0.15, 0.2) is 67.0 Å². The van der Waals surface area contributed by atoms with Crippen LogP contribution in [0.25, 0.3) is 38.8 Å². The number of alkyl halides is 3. The summed E-state index contributed by atoms with van der Waals surface area (Å²) in [6.07, 6.45) is 0.693. The number of pyridine rings is 2. The van der Waals surface area contributed by atoms with Crippen molar-refractivity contribution in [3.05, 3.63) is 78.2 Å². The van der Waals surface area contributed by atoms with Gasteiger partial charge in [0.05, 0.1) is 33.9 Å². The van der Waals surface area contributed by atoms with Gasteiger partial charge in [0.2, 0.25) is 0 Å². The van der Waals surface area contributed by atoms with Crippen LogP contribution in [0.2, 0.25) is 0 Å². The fraction of sp³-hybridized carbons (Fsp3) is 0.241. The number of aromatic nitrogens is 4. The normalized spacial score (nSPS) is 17.8. The van der Waals surface area contributed by atoms with Crippen molar-refractivity contribution in [2.45, 2.75) is 44.0 Å². The summed E-state index contributed by atoms with van der Waals surface area (Å²) in [5.41, 5.74) is 1.80. The predicted octanol–water partition coefficient (Wildman–Crippen LogP) is 6.24. The van der Waals surface area contributed by atoms with Crippen LogP contribution in [0.4, 0.5) is 18.9 Å². The van der Waals surface area contributed by atoms with Gasteiger partial charge in [-0.3, -0.25) is 4.98 Å². The standard InChI is InChI=1S/C29H23F3N6O/c30-29(31,32)27-26-23(19-13-17-3-1-2-4-24(17)35-16-19)11-12-34-28(26)38(37-27)21-8-5-18(15-33)25(14-21)36-20-6-9-22(39)10-7-20/h1-5,8,11-14,16,20,22,36,39H,6-7,9-10H2/t20-,22-. The topological polar surface area (TPSA) is 99.7 Å². The zero-order chi connectivity index (χ0) is 27.1. The van der Waals surface area contributed by atoms with Crippen LogP contribution in [-0.2, 0) is 6.18 Å². The van der Waals surface area contributed by atoms with E-state index in [0.717, 1.165) is 23.7 Å².